The predicted octanol–water partition coefficient (Wildman–Crippen LogP) is 1.59. The monoisotopic (exact) mass is 300 g/mol. The van der Waals surface area contributed by atoms with Gasteiger partial charge >= 0.3 is 0 Å². The van der Waals surface area contributed by atoms with Gasteiger partial charge in [-0.25, -0.2) is 18.4 Å². The zero-order valence-electron chi connectivity index (χ0n) is 13.0. The number of nitrogens with one attached hydrogen (secondary N) is 1. The van der Waals surface area contributed by atoms with Crippen LogP contribution in [0.3, 0.4) is 0 Å². The molecule has 114 valence electrons. The molecule has 1 aromatic rings. The van der Waals surface area contributed by atoms with Crippen molar-refractivity contribution in [3.8, 4) is 0 Å². The molecule has 20 heavy (non-hydrogen) atoms. The number of nitrogens with zero attached hydrogens (tertiary/aromatic N) is 2. The molecule has 0 aromatic carbocycles. The van der Waals surface area contributed by atoms with Crippen LogP contribution in [0.15, 0.2) is 6.07 Å². The van der Waals surface area contributed by atoms with Crippen LogP contribution in [-0.2, 0) is 15.3 Å². The summed E-state index contributed by atoms with van der Waals surface area (Å²) in [5, 5.41) is 3.03. The highest BCUT2D eigenvalue weighted by Gasteiger charge is 2.30. The van der Waals surface area contributed by atoms with Crippen molar-refractivity contribution in [3.05, 3.63) is 11.9 Å². The molecule has 0 amide bonds. The molecule has 3 N–H and O–H groups in total. The van der Waals surface area contributed by atoms with Crippen LogP contribution in [0.25, 0.3) is 0 Å². The Kier molecular flexibility index (Phi) is 4.34. The van der Waals surface area contributed by atoms with Crippen LogP contribution in [0.4, 0.5) is 11.6 Å². The molecule has 6 nitrogen and oxygen atoms in total. The van der Waals surface area contributed by atoms with Crippen LogP contribution >= 0.6 is 0 Å². The maximum absolute atomic E-state index is 11.7. The van der Waals surface area contributed by atoms with E-state index in [0.717, 1.165) is 0 Å². The number of rotatable bonds is 4. The molecule has 0 atom stereocenters. The van der Waals surface area contributed by atoms with Crippen LogP contribution < -0.4 is 11.1 Å². The van der Waals surface area contributed by atoms with Gasteiger partial charge in [0.05, 0.1) is 4.75 Å². The van der Waals surface area contributed by atoms with Crippen molar-refractivity contribution in [2.75, 3.05) is 23.9 Å². The zero-order valence-corrected chi connectivity index (χ0v) is 13.8. The maximum Gasteiger partial charge on any atom is 0.154 e. The number of hydrogen-bond acceptors (Lipinski definition) is 6. The van der Waals surface area contributed by atoms with E-state index in [2.05, 4.69) is 15.3 Å². The molecule has 0 spiro atoms. The Hall–Kier alpha value is -1.37. The molecular formula is C13H24N4O2S. The zero-order chi connectivity index (χ0) is 15.8. The third kappa shape index (κ3) is 4.06. The quantitative estimate of drug-likeness (QED) is 0.876. The summed E-state index contributed by atoms with van der Waals surface area (Å²) in [6.07, 6.45) is 1.23. The lowest BCUT2D eigenvalue weighted by atomic mass is 9.96. The third-order valence-corrected chi connectivity index (χ3v) is 5.27. The molecule has 0 aliphatic carbocycles. The number of aromatic nitrogens is 2. The van der Waals surface area contributed by atoms with Gasteiger partial charge in [-0.3, -0.25) is 0 Å². The fourth-order valence-electron chi connectivity index (χ4n) is 1.33. The maximum atomic E-state index is 11.7. The summed E-state index contributed by atoms with van der Waals surface area (Å²) in [5.41, 5.74) is 5.55. The standard InChI is InChI=1S/C13H24N4O2S/c1-12(2,3)11-16-9(14)7-10(17-11)15-8-13(4,5)20(6,18)19/h7H,8H2,1-6H3,(H3,14,15,16,17). The van der Waals surface area contributed by atoms with Crippen LogP contribution in [-0.4, -0.2) is 35.9 Å². The number of anilines is 2. The van der Waals surface area contributed by atoms with Gasteiger partial charge in [-0.15, -0.1) is 0 Å². The Bertz CT molecular complexity index is 589. The van der Waals surface area contributed by atoms with Gasteiger partial charge in [-0.05, 0) is 13.8 Å². The normalized spacial score (nSPS) is 13.3. The highest BCUT2D eigenvalue weighted by Crippen LogP contribution is 2.22. The Balaban J connectivity index is 2.98. The first-order chi connectivity index (χ1) is 8.83. The summed E-state index contributed by atoms with van der Waals surface area (Å²) in [7, 11) is -3.16. The minimum absolute atomic E-state index is 0.224. The van der Waals surface area contributed by atoms with E-state index in [4.69, 9.17) is 5.73 Å². The van der Waals surface area contributed by atoms with Crippen LogP contribution in [0.5, 0.6) is 0 Å². The first kappa shape index (κ1) is 16.7. The molecule has 0 saturated carbocycles. The second-order valence-electron chi connectivity index (χ2n) is 6.64. The summed E-state index contributed by atoms with van der Waals surface area (Å²) in [4.78, 5) is 8.60. The summed E-state index contributed by atoms with van der Waals surface area (Å²) >= 11 is 0. The van der Waals surface area contributed by atoms with E-state index < -0.39 is 14.6 Å². The molecule has 0 radical (unpaired) electrons. The second-order valence-corrected chi connectivity index (χ2v) is 9.29. The van der Waals surface area contributed by atoms with Crippen molar-refractivity contribution < 1.29 is 8.42 Å². The van der Waals surface area contributed by atoms with Gasteiger partial charge in [0.25, 0.3) is 0 Å². The van der Waals surface area contributed by atoms with E-state index >= 15 is 0 Å². The molecule has 0 bridgehead atoms. The molecule has 1 aromatic heterocycles. The van der Waals surface area contributed by atoms with E-state index in [9.17, 15) is 8.42 Å². The lowest BCUT2D eigenvalue weighted by Gasteiger charge is -2.24. The minimum atomic E-state index is -3.16. The van der Waals surface area contributed by atoms with Gasteiger partial charge in [0.2, 0.25) is 0 Å². The van der Waals surface area contributed by atoms with Crippen LogP contribution in [0.2, 0.25) is 0 Å². The van der Waals surface area contributed by atoms with E-state index in [-0.39, 0.29) is 12.0 Å². The lowest BCUT2D eigenvalue weighted by Crippen LogP contribution is -2.38. The highest BCUT2D eigenvalue weighted by atomic mass is 32.2. The van der Waals surface area contributed by atoms with Crippen molar-refractivity contribution in [2.45, 2.75) is 44.8 Å². The smallest absolute Gasteiger partial charge is 0.154 e. The topological polar surface area (TPSA) is 98.0 Å². The molecule has 0 saturated heterocycles. The molecule has 0 aliphatic rings. The Labute approximate surface area is 121 Å². The fraction of sp³-hybridized carbons (Fsp3) is 0.692. The van der Waals surface area contributed by atoms with Gasteiger partial charge in [0.1, 0.15) is 17.5 Å². The molecule has 1 heterocycles. The molecule has 7 heteroatoms. The summed E-state index contributed by atoms with van der Waals surface area (Å²) in [6, 6.07) is 1.60. The Morgan fingerprint density at radius 3 is 2.20 bits per heavy atom. The van der Waals surface area contributed by atoms with Crippen molar-refractivity contribution in [1.29, 1.82) is 0 Å². The number of nitrogens with two attached hydrogens (primary N) is 1. The molecular weight excluding hydrogens is 276 g/mol. The van der Waals surface area contributed by atoms with Gasteiger partial charge < -0.3 is 11.1 Å². The predicted molar refractivity (Wildman–Crippen MR) is 82.6 cm³/mol. The molecule has 0 aliphatic heterocycles. The van der Waals surface area contributed by atoms with Crippen molar-refractivity contribution in [3.63, 3.8) is 0 Å². The van der Waals surface area contributed by atoms with Crippen molar-refractivity contribution >= 4 is 21.5 Å². The van der Waals surface area contributed by atoms with Crippen molar-refractivity contribution in [1.82, 2.24) is 9.97 Å². The van der Waals surface area contributed by atoms with Gasteiger partial charge in [-0.1, -0.05) is 20.8 Å². The van der Waals surface area contributed by atoms with Gasteiger partial charge in [-0.2, -0.15) is 0 Å². The third-order valence-electron chi connectivity index (χ3n) is 3.12. The first-order valence-electron chi connectivity index (χ1n) is 6.41. The number of nitrogen functional groups attached to an aromatic ring is 1. The molecule has 0 unspecified atom stereocenters. The summed E-state index contributed by atoms with van der Waals surface area (Å²) in [5.74, 6) is 1.53. The Morgan fingerprint density at radius 1 is 1.20 bits per heavy atom. The first-order valence-corrected chi connectivity index (χ1v) is 8.30. The average molecular weight is 300 g/mol. The fourth-order valence-corrected chi connectivity index (χ4v) is 1.66. The van der Waals surface area contributed by atoms with Gasteiger partial charge in [0.15, 0.2) is 9.84 Å². The van der Waals surface area contributed by atoms with E-state index in [1.54, 1.807) is 19.9 Å². The number of sulfone groups is 1. The largest absolute Gasteiger partial charge is 0.384 e. The van der Waals surface area contributed by atoms with Gasteiger partial charge in [0, 0.05) is 24.3 Å². The minimum Gasteiger partial charge on any atom is -0.384 e. The SMILES string of the molecule is CC(C)(C)c1nc(N)cc(NCC(C)(C)S(C)(=O)=O)n1. The molecule has 1 rings (SSSR count). The van der Waals surface area contributed by atoms with E-state index in [0.29, 0.717) is 17.5 Å². The average Bonchev–Trinajstić information content (AvgIpc) is 2.23. The summed E-state index contributed by atoms with van der Waals surface area (Å²) < 4.78 is 22.5. The highest BCUT2D eigenvalue weighted by molar-refractivity contribution is 7.92. The van der Waals surface area contributed by atoms with Crippen LogP contribution in [0.1, 0.15) is 40.4 Å². The van der Waals surface area contributed by atoms with Crippen LogP contribution in [0, 0.1) is 0 Å². The number of hydrogen-bond donors (Lipinski definition) is 2. The van der Waals surface area contributed by atoms with E-state index in [1.807, 2.05) is 20.8 Å². The van der Waals surface area contributed by atoms with E-state index in [1.165, 1.54) is 6.26 Å². The lowest BCUT2D eigenvalue weighted by molar-refractivity contribution is 0.545. The second kappa shape index (κ2) is 5.20. The Morgan fingerprint density at radius 2 is 1.75 bits per heavy atom. The molecule has 0 fully saturated rings. The summed E-state index contributed by atoms with van der Waals surface area (Å²) in [6.45, 7) is 9.57. The van der Waals surface area contributed by atoms with Crippen molar-refractivity contribution in [2.24, 2.45) is 0 Å².